The molecule has 0 bridgehead atoms. The SMILES string of the molecule is CC(C)c1noc(=O)n1CC(=O)N(C)CC(=O)Nc1ccccc1Cl. The maximum atomic E-state index is 12.3. The standard InChI is InChI=1S/C16H19ClN4O4/c1-10(2)15-19-25-16(24)21(15)9-14(23)20(3)8-13(22)18-12-7-5-4-6-11(12)17/h4-7,10H,8-9H2,1-3H3,(H,18,22). The molecule has 0 atom stereocenters. The Morgan fingerprint density at radius 3 is 2.68 bits per heavy atom. The van der Waals surface area contributed by atoms with Crippen molar-refractivity contribution in [1.82, 2.24) is 14.6 Å². The second-order valence-corrected chi connectivity index (χ2v) is 6.23. The molecule has 2 amide bonds. The number of nitrogens with one attached hydrogen (secondary N) is 1. The quantitative estimate of drug-likeness (QED) is 0.839. The predicted molar refractivity (Wildman–Crippen MR) is 92.6 cm³/mol. The Morgan fingerprint density at radius 2 is 2.04 bits per heavy atom. The summed E-state index contributed by atoms with van der Waals surface area (Å²) in [5, 5.41) is 6.70. The Morgan fingerprint density at radius 1 is 1.36 bits per heavy atom. The molecule has 0 aliphatic heterocycles. The van der Waals surface area contributed by atoms with E-state index in [1.54, 1.807) is 24.3 Å². The second kappa shape index (κ2) is 7.98. The van der Waals surface area contributed by atoms with Gasteiger partial charge in [-0.15, -0.1) is 0 Å². The zero-order chi connectivity index (χ0) is 18.6. The molecule has 134 valence electrons. The normalized spacial score (nSPS) is 10.8. The number of carbonyl (C=O) groups is 2. The van der Waals surface area contributed by atoms with E-state index in [9.17, 15) is 14.4 Å². The summed E-state index contributed by atoms with van der Waals surface area (Å²) in [6, 6.07) is 6.80. The summed E-state index contributed by atoms with van der Waals surface area (Å²) in [7, 11) is 1.47. The van der Waals surface area contributed by atoms with Crippen LogP contribution in [0.5, 0.6) is 0 Å². The van der Waals surface area contributed by atoms with Crippen molar-refractivity contribution in [3.05, 3.63) is 45.7 Å². The minimum Gasteiger partial charge on any atom is -0.335 e. The number of benzene rings is 1. The first kappa shape index (κ1) is 18.7. The third-order valence-corrected chi connectivity index (χ3v) is 3.81. The first-order valence-corrected chi connectivity index (χ1v) is 8.02. The molecule has 0 radical (unpaired) electrons. The van der Waals surface area contributed by atoms with Gasteiger partial charge in [-0.2, -0.15) is 0 Å². The van der Waals surface area contributed by atoms with Gasteiger partial charge in [0.05, 0.1) is 17.3 Å². The van der Waals surface area contributed by atoms with Crippen molar-refractivity contribution >= 4 is 29.1 Å². The molecule has 0 spiro atoms. The van der Waals surface area contributed by atoms with Crippen LogP contribution in [0.15, 0.2) is 33.6 Å². The number of aromatic nitrogens is 2. The summed E-state index contributed by atoms with van der Waals surface area (Å²) in [4.78, 5) is 37.2. The molecule has 0 saturated carbocycles. The van der Waals surface area contributed by atoms with E-state index in [4.69, 9.17) is 11.6 Å². The van der Waals surface area contributed by atoms with Gasteiger partial charge in [0.25, 0.3) is 0 Å². The number of amides is 2. The number of hydrogen-bond acceptors (Lipinski definition) is 5. The maximum Gasteiger partial charge on any atom is 0.442 e. The van der Waals surface area contributed by atoms with Crippen LogP contribution in [-0.4, -0.2) is 40.0 Å². The van der Waals surface area contributed by atoms with E-state index in [1.165, 1.54) is 11.9 Å². The monoisotopic (exact) mass is 366 g/mol. The first-order valence-electron chi connectivity index (χ1n) is 7.64. The minimum atomic E-state index is -0.703. The Labute approximate surface area is 149 Å². The van der Waals surface area contributed by atoms with Crippen LogP contribution in [0.25, 0.3) is 0 Å². The van der Waals surface area contributed by atoms with Crippen molar-refractivity contribution in [2.45, 2.75) is 26.3 Å². The summed E-state index contributed by atoms with van der Waals surface area (Å²) in [6.45, 7) is 3.24. The molecule has 2 rings (SSSR count). The van der Waals surface area contributed by atoms with E-state index in [0.717, 1.165) is 4.57 Å². The number of para-hydroxylation sites is 1. The molecule has 0 aliphatic rings. The minimum absolute atomic E-state index is 0.0759. The average Bonchev–Trinajstić information content (AvgIpc) is 2.90. The Hall–Kier alpha value is -2.61. The lowest BCUT2D eigenvalue weighted by Crippen LogP contribution is -2.38. The summed E-state index contributed by atoms with van der Waals surface area (Å²) < 4.78 is 5.77. The van der Waals surface area contributed by atoms with Gasteiger partial charge >= 0.3 is 5.76 Å². The molecule has 1 N–H and O–H groups in total. The number of nitrogens with zero attached hydrogens (tertiary/aromatic N) is 3. The second-order valence-electron chi connectivity index (χ2n) is 5.83. The highest BCUT2D eigenvalue weighted by Gasteiger charge is 2.20. The molecule has 2 aromatic rings. The van der Waals surface area contributed by atoms with Crippen LogP contribution >= 0.6 is 11.6 Å². The molecule has 0 fully saturated rings. The topological polar surface area (TPSA) is 97.4 Å². The predicted octanol–water partition coefficient (Wildman–Crippen LogP) is 1.71. The number of anilines is 1. The number of halogens is 1. The Kier molecular flexibility index (Phi) is 5.97. The van der Waals surface area contributed by atoms with Crippen molar-refractivity contribution in [1.29, 1.82) is 0 Å². The zero-order valence-electron chi connectivity index (χ0n) is 14.2. The van der Waals surface area contributed by atoms with Crippen LogP contribution in [-0.2, 0) is 16.1 Å². The van der Waals surface area contributed by atoms with Crippen LogP contribution in [0.4, 0.5) is 5.69 Å². The maximum absolute atomic E-state index is 12.3. The largest absolute Gasteiger partial charge is 0.442 e. The molecular formula is C16H19ClN4O4. The van der Waals surface area contributed by atoms with Gasteiger partial charge in [-0.1, -0.05) is 42.7 Å². The van der Waals surface area contributed by atoms with Gasteiger partial charge in [-0.25, -0.2) is 4.79 Å². The lowest BCUT2D eigenvalue weighted by Gasteiger charge is -2.17. The van der Waals surface area contributed by atoms with E-state index < -0.39 is 17.6 Å². The van der Waals surface area contributed by atoms with Crippen LogP contribution in [0.1, 0.15) is 25.6 Å². The van der Waals surface area contributed by atoms with E-state index in [1.807, 2.05) is 13.8 Å². The summed E-state index contributed by atoms with van der Waals surface area (Å²) >= 11 is 5.98. The van der Waals surface area contributed by atoms with Crippen LogP contribution < -0.4 is 11.1 Å². The van der Waals surface area contributed by atoms with Gasteiger partial charge in [-0.05, 0) is 12.1 Å². The van der Waals surface area contributed by atoms with Gasteiger partial charge in [0.1, 0.15) is 6.54 Å². The van der Waals surface area contributed by atoms with E-state index in [-0.39, 0.29) is 19.0 Å². The van der Waals surface area contributed by atoms with Crippen molar-refractivity contribution < 1.29 is 14.1 Å². The average molecular weight is 367 g/mol. The van der Waals surface area contributed by atoms with Crippen LogP contribution in [0.3, 0.4) is 0 Å². The lowest BCUT2D eigenvalue weighted by molar-refractivity contribution is -0.133. The van der Waals surface area contributed by atoms with Gasteiger partial charge in [0.2, 0.25) is 11.8 Å². The van der Waals surface area contributed by atoms with Crippen molar-refractivity contribution in [3.63, 3.8) is 0 Å². The molecule has 8 nitrogen and oxygen atoms in total. The van der Waals surface area contributed by atoms with Crippen molar-refractivity contribution in [2.75, 3.05) is 18.9 Å². The molecule has 25 heavy (non-hydrogen) atoms. The first-order chi connectivity index (χ1) is 11.8. The fraction of sp³-hybridized carbons (Fsp3) is 0.375. The molecule has 0 aliphatic carbocycles. The smallest absolute Gasteiger partial charge is 0.335 e. The zero-order valence-corrected chi connectivity index (χ0v) is 14.9. The fourth-order valence-corrected chi connectivity index (χ4v) is 2.34. The molecular weight excluding hydrogens is 348 g/mol. The van der Waals surface area contributed by atoms with Gasteiger partial charge in [-0.3, -0.25) is 18.7 Å². The highest BCUT2D eigenvalue weighted by atomic mass is 35.5. The van der Waals surface area contributed by atoms with Gasteiger partial charge < -0.3 is 10.2 Å². The third-order valence-electron chi connectivity index (χ3n) is 3.48. The van der Waals surface area contributed by atoms with E-state index >= 15 is 0 Å². The van der Waals surface area contributed by atoms with E-state index in [0.29, 0.717) is 16.5 Å². The Bertz CT molecular complexity index is 828. The molecule has 1 aromatic carbocycles. The Balaban J connectivity index is 1.99. The fourth-order valence-electron chi connectivity index (χ4n) is 2.15. The van der Waals surface area contributed by atoms with Crippen LogP contribution in [0, 0.1) is 0 Å². The lowest BCUT2D eigenvalue weighted by atomic mass is 10.2. The summed E-state index contributed by atoms with van der Waals surface area (Å²) in [5.74, 6) is -1.21. The van der Waals surface area contributed by atoms with Gasteiger partial charge in [0, 0.05) is 13.0 Å². The van der Waals surface area contributed by atoms with Crippen molar-refractivity contribution in [3.8, 4) is 0 Å². The highest BCUT2D eigenvalue weighted by Crippen LogP contribution is 2.20. The van der Waals surface area contributed by atoms with E-state index in [2.05, 4.69) is 15.0 Å². The molecule has 9 heteroatoms. The molecule has 0 saturated heterocycles. The van der Waals surface area contributed by atoms with Crippen LogP contribution in [0.2, 0.25) is 5.02 Å². The summed E-state index contributed by atoms with van der Waals surface area (Å²) in [6.07, 6.45) is 0. The van der Waals surface area contributed by atoms with Crippen molar-refractivity contribution in [2.24, 2.45) is 0 Å². The van der Waals surface area contributed by atoms with Gasteiger partial charge in [0.15, 0.2) is 5.82 Å². The molecule has 1 aromatic heterocycles. The summed E-state index contributed by atoms with van der Waals surface area (Å²) in [5.41, 5.74) is 0.465. The number of likely N-dealkylation sites (N-methyl/N-ethyl adjacent to an activating group) is 1. The number of hydrogen-bond donors (Lipinski definition) is 1. The highest BCUT2D eigenvalue weighted by molar-refractivity contribution is 6.33. The number of carbonyl (C=O) groups excluding carboxylic acids is 2. The third kappa shape index (κ3) is 4.69. The molecule has 0 unspecified atom stereocenters. The molecule has 1 heterocycles. The number of rotatable bonds is 6.